The van der Waals surface area contributed by atoms with Gasteiger partial charge in [-0.2, -0.15) is 0 Å². The lowest BCUT2D eigenvalue weighted by Gasteiger charge is -2.09. The number of pyridine rings is 1. The van der Waals surface area contributed by atoms with E-state index in [1.54, 1.807) is 18.2 Å². The second-order valence-corrected chi connectivity index (χ2v) is 7.21. The predicted molar refractivity (Wildman–Crippen MR) is 84.2 cm³/mol. The van der Waals surface area contributed by atoms with Gasteiger partial charge in [0.25, 0.3) is 10.0 Å². The third-order valence-electron chi connectivity index (χ3n) is 2.19. The number of aromatic nitrogens is 1. The number of benzene rings is 1. The Kier molecular flexibility index (Phi) is 4.54. The number of hydrogen-bond donors (Lipinski definition) is 1. The summed E-state index contributed by atoms with van der Waals surface area (Å²) in [6.07, 6.45) is 1.20. The van der Waals surface area contributed by atoms with Gasteiger partial charge in [-0.25, -0.2) is 13.4 Å². The van der Waals surface area contributed by atoms with Crippen molar-refractivity contribution in [3.8, 4) is 0 Å². The highest BCUT2D eigenvalue weighted by Gasteiger charge is 2.16. The smallest absolute Gasteiger partial charge is 0.263 e. The van der Waals surface area contributed by atoms with Crippen molar-refractivity contribution in [3.63, 3.8) is 0 Å². The first-order valence-corrected chi connectivity index (χ1v) is 8.30. The molecule has 0 spiro atoms. The van der Waals surface area contributed by atoms with Crippen molar-refractivity contribution in [3.05, 3.63) is 50.3 Å². The summed E-state index contributed by atoms with van der Waals surface area (Å²) in [7, 11) is -3.68. The van der Waals surface area contributed by atoms with Crippen LogP contribution in [0.2, 0.25) is 10.2 Å². The molecule has 1 aromatic heterocycles. The van der Waals surface area contributed by atoms with E-state index in [2.05, 4.69) is 9.71 Å². The Hall–Kier alpha value is -0.570. The summed E-state index contributed by atoms with van der Waals surface area (Å²) in [6.45, 7) is 0. The van der Waals surface area contributed by atoms with Crippen molar-refractivity contribution in [2.45, 2.75) is 4.90 Å². The lowest BCUT2D eigenvalue weighted by atomic mass is 10.3. The molecule has 0 bridgehead atoms. The van der Waals surface area contributed by atoms with Crippen LogP contribution in [0.3, 0.4) is 0 Å². The highest BCUT2D eigenvalue weighted by molar-refractivity contribution is 14.1. The number of nitrogens with zero attached hydrogens (tertiary/aromatic N) is 1. The fraction of sp³-hybridized carbons (Fsp3) is 0. The van der Waals surface area contributed by atoms with E-state index in [0.29, 0.717) is 14.3 Å². The second kappa shape index (κ2) is 5.82. The Morgan fingerprint density at radius 3 is 2.47 bits per heavy atom. The standard InChI is InChI=1S/C11H7Cl2IN2O2S/c12-7-1-3-10(9(14)5-7)16-19(17,18)8-2-4-11(13)15-6-8/h1-6,16H. The number of anilines is 1. The van der Waals surface area contributed by atoms with E-state index in [-0.39, 0.29) is 10.0 Å². The second-order valence-electron chi connectivity index (χ2n) is 3.55. The highest BCUT2D eigenvalue weighted by atomic mass is 127. The molecule has 0 aliphatic rings. The molecule has 0 amide bonds. The predicted octanol–water partition coefficient (Wildman–Crippen LogP) is 3.79. The normalized spacial score (nSPS) is 11.3. The molecule has 19 heavy (non-hydrogen) atoms. The highest BCUT2D eigenvalue weighted by Crippen LogP contribution is 2.24. The number of halogens is 3. The van der Waals surface area contributed by atoms with Gasteiger partial charge in [0.2, 0.25) is 0 Å². The van der Waals surface area contributed by atoms with Gasteiger partial charge in [0.1, 0.15) is 10.0 Å². The molecule has 0 radical (unpaired) electrons. The van der Waals surface area contributed by atoms with Crippen LogP contribution in [0.15, 0.2) is 41.4 Å². The molecule has 0 fully saturated rings. The molecule has 8 heteroatoms. The van der Waals surface area contributed by atoms with Crippen molar-refractivity contribution in [1.29, 1.82) is 0 Å². The van der Waals surface area contributed by atoms with E-state index in [9.17, 15) is 8.42 Å². The van der Waals surface area contributed by atoms with Crippen molar-refractivity contribution in [2.75, 3.05) is 4.72 Å². The van der Waals surface area contributed by atoms with Crippen LogP contribution in [-0.4, -0.2) is 13.4 Å². The van der Waals surface area contributed by atoms with E-state index in [0.717, 1.165) is 0 Å². The Bertz CT molecular complexity index is 705. The quantitative estimate of drug-likeness (QED) is 0.597. The molecule has 4 nitrogen and oxygen atoms in total. The van der Waals surface area contributed by atoms with Crippen LogP contribution in [0.5, 0.6) is 0 Å². The molecule has 1 heterocycles. The lowest BCUT2D eigenvalue weighted by molar-refractivity contribution is 0.601. The first-order chi connectivity index (χ1) is 8.88. The number of hydrogen-bond acceptors (Lipinski definition) is 3. The van der Waals surface area contributed by atoms with Gasteiger partial charge in [-0.05, 0) is 52.9 Å². The first-order valence-electron chi connectivity index (χ1n) is 4.98. The third-order valence-corrected chi connectivity index (χ3v) is 4.89. The van der Waals surface area contributed by atoms with Crippen molar-refractivity contribution in [2.24, 2.45) is 0 Å². The van der Waals surface area contributed by atoms with E-state index in [1.807, 2.05) is 22.6 Å². The minimum Gasteiger partial charge on any atom is -0.279 e. The van der Waals surface area contributed by atoms with Gasteiger partial charge in [0.05, 0.1) is 5.69 Å². The zero-order valence-corrected chi connectivity index (χ0v) is 13.8. The maximum atomic E-state index is 12.1. The summed E-state index contributed by atoms with van der Waals surface area (Å²) in [5.41, 5.74) is 0.458. The molecule has 0 saturated carbocycles. The van der Waals surface area contributed by atoms with E-state index >= 15 is 0 Å². The number of nitrogens with one attached hydrogen (secondary N) is 1. The average Bonchev–Trinajstić information content (AvgIpc) is 2.33. The van der Waals surface area contributed by atoms with Crippen molar-refractivity contribution < 1.29 is 8.42 Å². The minimum atomic E-state index is -3.68. The van der Waals surface area contributed by atoms with Gasteiger partial charge >= 0.3 is 0 Å². The van der Waals surface area contributed by atoms with Gasteiger partial charge in [0.15, 0.2) is 0 Å². The molecule has 0 saturated heterocycles. The van der Waals surface area contributed by atoms with Gasteiger partial charge in [-0.3, -0.25) is 4.72 Å². The maximum absolute atomic E-state index is 12.1. The fourth-order valence-corrected chi connectivity index (χ4v) is 3.62. The topological polar surface area (TPSA) is 59.1 Å². The minimum absolute atomic E-state index is 0.0441. The van der Waals surface area contributed by atoms with Gasteiger partial charge in [-0.15, -0.1) is 0 Å². The SMILES string of the molecule is O=S(=O)(Nc1ccc(Cl)cc1I)c1ccc(Cl)nc1. The van der Waals surface area contributed by atoms with E-state index in [1.165, 1.54) is 18.3 Å². The monoisotopic (exact) mass is 428 g/mol. The Morgan fingerprint density at radius 1 is 1.16 bits per heavy atom. The maximum Gasteiger partial charge on any atom is 0.263 e. The number of sulfonamides is 1. The van der Waals surface area contributed by atoms with Crippen LogP contribution in [0.1, 0.15) is 0 Å². The molecule has 2 rings (SSSR count). The van der Waals surface area contributed by atoms with E-state index < -0.39 is 10.0 Å². The van der Waals surface area contributed by atoms with Crippen LogP contribution in [0.4, 0.5) is 5.69 Å². The van der Waals surface area contributed by atoms with Crippen LogP contribution >= 0.6 is 45.8 Å². The molecule has 100 valence electrons. The van der Waals surface area contributed by atoms with Crippen LogP contribution in [-0.2, 0) is 10.0 Å². The van der Waals surface area contributed by atoms with Gasteiger partial charge in [-0.1, -0.05) is 23.2 Å². The summed E-state index contributed by atoms with van der Waals surface area (Å²) in [5, 5.41) is 0.778. The summed E-state index contributed by atoms with van der Waals surface area (Å²) in [4.78, 5) is 3.79. The fourth-order valence-electron chi connectivity index (χ4n) is 1.30. The Labute approximate surface area is 134 Å². The van der Waals surface area contributed by atoms with E-state index in [4.69, 9.17) is 23.2 Å². The first kappa shape index (κ1) is 14.8. The molecular formula is C11H7Cl2IN2O2S. The molecule has 0 unspecified atom stereocenters. The van der Waals surface area contributed by atoms with Crippen molar-refractivity contribution in [1.82, 2.24) is 4.98 Å². The zero-order chi connectivity index (χ0) is 14.0. The summed E-state index contributed by atoms with van der Waals surface area (Å²) in [6, 6.07) is 7.69. The molecule has 0 aliphatic heterocycles. The van der Waals surface area contributed by atoms with Gasteiger partial charge < -0.3 is 0 Å². The van der Waals surface area contributed by atoms with Crippen LogP contribution in [0, 0.1) is 3.57 Å². The van der Waals surface area contributed by atoms with Crippen LogP contribution in [0.25, 0.3) is 0 Å². The third kappa shape index (κ3) is 3.71. The molecule has 0 aliphatic carbocycles. The van der Waals surface area contributed by atoms with Gasteiger partial charge in [0, 0.05) is 14.8 Å². The summed E-state index contributed by atoms with van der Waals surface area (Å²) >= 11 is 13.4. The molecule has 1 N–H and O–H groups in total. The Balaban J connectivity index is 2.33. The lowest BCUT2D eigenvalue weighted by Crippen LogP contribution is -2.14. The molecule has 1 aromatic carbocycles. The molecular weight excluding hydrogens is 422 g/mol. The summed E-state index contributed by atoms with van der Waals surface area (Å²) < 4.78 is 27.4. The summed E-state index contributed by atoms with van der Waals surface area (Å²) in [5.74, 6) is 0. The number of rotatable bonds is 3. The largest absolute Gasteiger partial charge is 0.279 e. The molecule has 2 aromatic rings. The zero-order valence-electron chi connectivity index (χ0n) is 9.27. The molecule has 0 atom stereocenters. The van der Waals surface area contributed by atoms with Crippen LogP contribution < -0.4 is 4.72 Å². The van der Waals surface area contributed by atoms with Crippen molar-refractivity contribution >= 4 is 61.5 Å². The average molecular weight is 429 g/mol. The Morgan fingerprint density at radius 2 is 1.89 bits per heavy atom.